The Morgan fingerprint density at radius 1 is 1.05 bits per heavy atom. The van der Waals surface area contributed by atoms with Crippen LogP contribution in [0.25, 0.3) is 6.08 Å². The van der Waals surface area contributed by atoms with E-state index in [1.165, 1.54) is 11.8 Å². The van der Waals surface area contributed by atoms with Gasteiger partial charge in [-0.15, -0.1) is 0 Å². The predicted octanol–water partition coefficient (Wildman–Crippen LogP) is 6.78. The number of thioether (sulfide) groups is 1. The van der Waals surface area contributed by atoms with Gasteiger partial charge in [0.25, 0.3) is 11.8 Å². The number of halogens is 1. The van der Waals surface area contributed by atoms with Gasteiger partial charge in [-0.2, -0.15) is 0 Å². The topological polar surface area (TPSA) is 67.9 Å². The number of hydrogen-bond donors (Lipinski definition) is 1. The van der Waals surface area contributed by atoms with Crippen molar-refractivity contribution in [2.24, 2.45) is 0 Å². The molecular formula is C28H25ClN2O4S2. The van der Waals surface area contributed by atoms with Gasteiger partial charge in [-0.3, -0.25) is 14.5 Å². The molecule has 1 saturated heterocycles. The summed E-state index contributed by atoms with van der Waals surface area (Å²) in [7, 11) is 0. The molecule has 0 radical (unpaired) electrons. The molecule has 1 aliphatic rings. The molecule has 0 unspecified atom stereocenters. The van der Waals surface area contributed by atoms with Gasteiger partial charge in [-0.05, 0) is 80.4 Å². The van der Waals surface area contributed by atoms with Crippen molar-refractivity contribution in [2.45, 2.75) is 20.8 Å². The summed E-state index contributed by atoms with van der Waals surface area (Å²) in [6.07, 6.45) is 1.78. The number of thiocarbonyl (C=S) groups is 1. The van der Waals surface area contributed by atoms with E-state index in [1.54, 1.807) is 53.4 Å². The fourth-order valence-electron chi connectivity index (χ4n) is 3.76. The highest BCUT2D eigenvalue weighted by Gasteiger charge is 2.34. The van der Waals surface area contributed by atoms with E-state index >= 15 is 0 Å². The smallest absolute Gasteiger partial charge is 0.270 e. The largest absolute Gasteiger partial charge is 0.490 e. The molecule has 6 nitrogen and oxygen atoms in total. The van der Waals surface area contributed by atoms with Crippen LogP contribution in [0.4, 0.5) is 11.4 Å². The van der Waals surface area contributed by atoms with Crippen molar-refractivity contribution in [1.29, 1.82) is 0 Å². The zero-order chi connectivity index (χ0) is 26.5. The molecule has 3 aromatic carbocycles. The summed E-state index contributed by atoms with van der Waals surface area (Å²) in [5.41, 5.74) is 4.26. The Morgan fingerprint density at radius 3 is 2.51 bits per heavy atom. The summed E-state index contributed by atoms with van der Waals surface area (Å²) < 4.78 is 12.0. The first-order chi connectivity index (χ1) is 17.7. The maximum atomic E-state index is 13.2. The maximum absolute atomic E-state index is 13.2. The van der Waals surface area contributed by atoms with Crippen LogP contribution in [-0.4, -0.2) is 29.3 Å². The van der Waals surface area contributed by atoms with Crippen molar-refractivity contribution in [3.05, 3.63) is 87.3 Å². The molecule has 0 aromatic heterocycles. The summed E-state index contributed by atoms with van der Waals surface area (Å²) in [4.78, 5) is 27.6. The molecule has 0 saturated carbocycles. The third-order valence-corrected chi connectivity index (χ3v) is 6.99. The number of aryl methyl sites for hydroxylation is 2. The zero-order valence-electron chi connectivity index (χ0n) is 20.5. The molecule has 9 heteroatoms. The van der Waals surface area contributed by atoms with Crippen LogP contribution in [0, 0.1) is 13.8 Å². The first kappa shape index (κ1) is 26.7. The maximum Gasteiger partial charge on any atom is 0.270 e. The first-order valence-corrected chi connectivity index (χ1v) is 13.2. The van der Waals surface area contributed by atoms with E-state index in [2.05, 4.69) is 5.32 Å². The second-order valence-electron chi connectivity index (χ2n) is 8.29. The highest BCUT2D eigenvalue weighted by molar-refractivity contribution is 8.27. The number of anilines is 2. The Labute approximate surface area is 230 Å². The van der Waals surface area contributed by atoms with Gasteiger partial charge in [0, 0.05) is 10.7 Å². The summed E-state index contributed by atoms with van der Waals surface area (Å²) in [6, 6.07) is 18.0. The fraction of sp³-hybridized carbons (Fsp3) is 0.179. The minimum Gasteiger partial charge on any atom is -0.490 e. The van der Waals surface area contributed by atoms with Crippen LogP contribution in [0.2, 0.25) is 5.02 Å². The van der Waals surface area contributed by atoms with Crippen molar-refractivity contribution in [1.82, 2.24) is 0 Å². The molecule has 1 heterocycles. The molecular weight excluding hydrogens is 528 g/mol. The molecule has 0 aliphatic carbocycles. The van der Waals surface area contributed by atoms with Gasteiger partial charge in [0.2, 0.25) is 0 Å². The van der Waals surface area contributed by atoms with E-state index in [1.807, 2.05) is 39.0 Å². The summed E-state index contributed by atoms with van der Waals surface area (Å²) in [6.45, 7) is 6.05. The molecule has 0 spiro atoms. The van der Waals surface area contributed by atoms with E-state index in [4.69, 9.17) is 33.3 Å². The highest BCUT2D eigenvalue weighted by Crippen LogP contribution is 2.38. The molecule has 1 fully saturated rings. The lowest BCUT2D eigenvalue weighted by molar-refractivity contribution is -0.118. The SMILES string of the molecule is CCOc1cc(/C=C2\SC(=S)N(c3ccc(C)cc3C)C2=O)ccc1OCC(=O)Nc1ccc(Cl)cc1. The molecule has 3 aromatic rings. The van der Waals surface area contributed by atoms with Crippen molar-refractivity contribution < 1.29 is 19.1 Å². The normalized spacial score (nSPS) is 14.3. The molecule has 4 rings (SSSR count). The number of carbonyl (C=O) groups is 2. The van der Waals surface area contributed by atoms with Gasteiger partial charge in [0.05, 0.1) is 17.2 Å². The molecule has 0 atom stereocenters. The minimum atomic E-state index is -0.316. The van der Waals surface area contributed by atoms with Crippen molar-refractivity contribution in [3.8, 4) is 11.5 Å². The molecule has 2 amide bonds. The van der Waals surface area contributed by atoms with Crippen LogP contribution in [-0.2, 0) is 9.59 Å². The lowest BCUT2D eigenvalue weighted by atomic mass is 10.1. The quantitative estimate of drug-likeness (QED) is 0.245. The lowest BCUT2D eigenvalue weighted by Gasteiger charge is -2.17. The first-order valence-electron chi connectivity index (χ1n) is 11.6. The third-order valence-electron chi connectivity index (χ3n) is 5.44. The summed E-state index contributed by atoms with van der Waals surface area (Å²) in [5, 5.41) is 3.34. The average molecular weight is 553 g/mol. The average Bonchev–Trinajstić information content (AvgIpc) is 3.13. The van der Waals surface area contributed by atoms with Crippen LogP contribution in [0.5, 0.6) is 11.5 Å². The molecule has 190 valence electrons. The molecule has 0 bridgehead atoms. The zero-order valence-corrected chi connectivity index (χ0v) is 22.9. The van der Waals surface area contributed by atoms with Crippen LogP contribution < -0.4 is 19.7 Å². The Balaban J connectivity index is 1.48. The van der Waals surface area contributed by atoms with Gasteiger partial charge >= 0.3 is 0 Å². The van der Waals surface area contributed by atoms with Crippen LogP contribution in [0.1, 0.15) is 23.6 Å². The predicted molar refractivity (Wildman–Crippen MR) is 155 cm³/mol. The Hall–Kier alpha value is -3.33. The second kappa shape index (κ2) is 11.8. The van der Waals surface area contributed by atoms with Gasteiger partial charge < -0.3 is 14.8 Å². The van der Waals surface area contributed by atoms with Gasteiger partial charge in [-0.25, -0.2) is 0 Å². The van der Waals surface area contributed by atoms with Gasteiger partial charge in [0.15, 0.2) is 22.4 Å². The second-order valence-corrected chi connectivity index (χ2v) is 10.4. The van der Waals surface area contributed by atoms with Crippen LogP contribution in [0.3, 0.4) is 0 Å². The van der Waals surface area contributed by atoms with E-state index < -0.39 is 0 Å². The molecule has 1 aliphatic heterocycles. The van der Waals surface area contributed by atoms with Crippen LogP contribution >= 0.6 is 35.6 Å². The van der Waals surface area contributed by atoms with E-state index in [-0.39, 0.29) is 18.4 Å². The number of nitrogens with zero attached hydrogens (tertiary/aromatic N) is 1. The molecule has 1 N–H and O–H groups in total. The standard InChI is InChI=1S/C28H25ClN2O4S2/c1-4-34-24-14-19(6-12-23(24)35-16-26(32)30-21-9-7-20(29)8-10-21)15-25-27(33)31(28(36)37-25)22-11-5-17(2)13-18(22)3/h5-15H,4,16H2,1-3H3,(H,30,32)/b25-15-. The number of rotatable bonds is 8. The number of ether oxygens (including phenoxy) is 2. The Kier molecular flexibility index (Phi) is 8.53. The van der Waals surface area contributed by atoms with Crippen molar-refractivity contribution in [3.63, 3.8) is 0 Å². The number of carbonyl (C=O) groups excluding carboxylic acids is 2. The Morgan fingerprint density at radius 2 is 1.81 bits per heavy atom. The minimum absolute atomic E-state index is 0.167. The van der Waals surface area contributed by atoms with E-state index in [9.17, 15) is 9.59 Å². The summed E-state index contributed by atoms with van der Waals surface area (Å²) >= 11 is 12.7. The number of hydrogen-bond acceptors (Lipinski definition) is 6. The lowest BCUT2D eigenvalue weighted by Crippen LogP contribution is -2.28. The third kappa shape index (κ3) is 6.52. The number of amides is 2. The van der Waals surface area contributed by atoms with Gasteiger partial charge in [0.1, 0.15) is 0 Å². The number of benzene rings is 3. The number of nitrogens with one attached hydrogen (secondary N) is 1. The highest BCUT2D eigenvalue weighted by atomic mass is 35.5. The van der Waals surface area contributed by atoms with Gasteiger partial charge in [-0.1, -0.05) is 59.3 Å². The van der Waals surface area contributed by atoms with Crippen molar-refractivity contribution >= 4 is 69.2 Å². The Bertz CT molecular complexity index is 1390. The van der Waals surface area contributed by atoms with Crippen LogP contribution in [0.15, 0.2) is 65.6 Å². The fourth-order valence-corrected chi connectivity index (χ4v) is 5.17. The molecule has 37 heavy (non-hydrogen) atoms. The summed E-state index contributed by atoms with van der Waals surface area (Å²) in [5.74, 6) is 0.413. The van der Waals surface area contributed by atoms with Crippen molar-refractivity contribution in [2.75, 3.05) is 23.4 Å². The van der Waals surface area contributed by atoms with E-state index in [0.29, 0.717) is 38.0 Å². The van der Waals surface area contributed by atoms with E-state index in [0.717, 1.165) is 22.4 Å². The monoisotopic (exact) mass is 552 g/mol.